The number of piperidine rings is 2. The van der Waals surface area contributed by atoms with Gasteiger partial charge in [-0.15, -0.1) is 0 Å². The molecule has 1 unspecified atom stereocenters. The summed E-state index contributed by atoms with van der Waals surface area (Å²) < 4.78 is 29.3. The second-order valence-corrected chi connectivity index (χ2v) is 16.9. The summed E-state index contributed by atoms with van der Waals surface area (Å²) in [5.74, 6) is -0.909. The lowest BCUT2D eigenvalue weighted by molar-refractivity contribution is -0.136. The molecule has 5 N–H and O–H groups in total. The Morgan fingerprint density at radius 1 is 0.968 bits per heavy atom. The monoisotopic (exact) mass is 879 g/mol. The van der Waals surface area contributed by atoms with Crippen molar-refractivity contribution in [2.24, 2.45) is 5.41 Å². The summed E-state index contributed by atoms with van der Waals surface area (Å²) in [5, 5.41) is 8.72. The highest BCUT2D eigenvalue weighted by Gasteiger charge is 2.45. The number of nitrogens with two attached hydrogens (primary N) is 1. The molecular weight excluding hydrogens is 833 g/mol. The minimum absolute atomic E-state index is 0.114. The molecule has 0 radical (unpaired) electrons. The number of nitrogens with one attached hydrogen (secondary N) is 3. The molecule has 7 heterocycles. The Hall–Kier alpha value is -6.21. The number of ether oxygens (including phenoxy) is 2. The van der Waals surface area contributed by atoms with Crippen molar-refractivity contribution in [1.29, 1.82) is 0 Å². The largest absolute Gasteiger partial charge is 0.383 e. The summed E-state index contributed by atoms with van der Waals surface area (Å²) in [6, 6.07) is 12.3. The molecule has 0 aliphatic carbocycles. The highest BCUT2D eigenvalue weighted by Crippen LogP contribution is 2.42. The molecule has 1 atom stereocenters. The first kappa shape index (κ1) is 42.1. The lowest BCUT2D eigenvalue weighted by atomic mass is 9.72. The third-order valence-electron chi connectivity index (χ3n) is 12.3. The molecule has 328 valence electrons. The molecule has 19 heteroatoms. The molecule has 9 rings (SSSR count). The van der Waals surface area contributed by atoms with Gasteiger partial charge in [0.25, 0.3) is 11.8 Å². The molecule has 17 nitrogen and oxygen atoms in total. The molecule has 5 aromatic rings. The number of halogens is 2. The summed E-state index contributed by atoms with van der Waals surface area (Å²) in [4.78, 5) is 69.1. The number of hydrogen-bond acceptors (Lipinski definition) is 13. The highest BCUT2D eigenvalue weighted by molar-refractivity contribution is 6.30. The predicted molar refractivity (Wildman–Crippen MR) is 233 cm³/mol. The molecule has 4 aliphatic rings. The smallest absolute Gasteiger partial charge is 0.256 e. The Labute approximate surface area is 367 Å². The predicted octanol–water partition coefficient (Wildman–Crippen LogP) is 4.23. The number of benzene rings is 2. The van der Waals surface area contributed by atoms with E-state index in [9.17, 15) is 19.2 Å². The zero-order valence-corrected chi connectivity index (χ0v) is 35.2. The van der Waals surface area contributed by atoms with Gasteiger partial charge in [0.15, 0.2) is 0 Å². The van der Waals surface area contributed by atoms with Crippen molar-refractivity contribution in [3.8, 4) is 11.3 Å². The number of anilines is 4. The van der Waals surface area contributed by atoms with E-state index >= 15 is 4.39 Å². The van der Waals surface area contributed by atoms with Crippen molar-refractivity contribution in [3.63, 3.8) is 0 Å². The molecule has 3 fully saturated rings. The van der Waals surface area contributed by atoms with Crippen LogP contribution in [-0.4, -0.2) is 125 Å². The number of imidazole rings is 1. The molecule has 2 aromatic carbocycles. The first-order chi connectivity index (χ1) is 30.5. The first-order valence-electron chi connectivity index (χ1n) is 21.0. The molecular formula is C44H47ClFN11O6. The van der Waals surface area contributed by atoms with Crippen LogP contribution in [0.3, 0.4) is 0 Å². The van der Waals surface area contributed by atoms with Crippen LogP contribution in [-0.2, 0) is 25.6 Å². The Morgan fingerprint density at radius 2 is 1.76 bits per heavy atom. The van der Waals surface area contributed by atoms with Crippen LogP contribution in [0.5, 0.6) is 0 Å². The van der Waals surface area contributed by atoms with E-state index in [0.717, 1.165) is 56.8 Å². The minimum Gasteiger partial charge on any atom is -0.383 e. The SMILES string of the molecule is Nc1nccn2c(N3CCC4(CC3)CN(CCOCCOCCNc3ccc5c(c3)CN(C3CCC(=O)NC3=O)C5=O)C4)nc(-c3ccc(C(=O)Nc4cc(Cl)ccn4)cc3F)c12. The van der Waals surface area contributed by atoms with Gasteiger partial charge in [-0.3, -0.25) is 33.8 Å². The minimum atomic E-state index is -0.633. The van der Waals surface area contributed by atoms with Crippen molar-refractivity contribution < 1.29 is 33.0 Å². The number of hydrogen-bond donors (Lipinski definition) is 4. The van der Waals surface area contributed by atoms with Gasteiger partial charge in [0.05, 0.1) is 26.4 Å². The molecule has 0 saturated carbocycles. The van der Waals surface area contributed by atoms with Crippen LogP contribution in [0.25, 0.3) is 16.8 Å². The molecule has 1 spiro atoms. The van der Waals surface area contributed by atoms with Crippen molar-refractivity contribution in [3.05, 3.63) is 94.7 Å². The zero-order valence-electron chi connectivity index (χ0n) is 34.4. The molecule has 4 amide bonds. The van der Waals surface area contributed by atoms with Crippen LogP contribution in [0, 0.1) is 11.2 Å². The van der Waals surface area contributed by atoms with E-state index in [-0.39, 0.29) is 46.4 Å². The summed E-state index contributed by atoms with van der Waals surface area (Å²) in [7, 11) is 0. The van der Waals surface area contributed by atoms with E-state index in [4.69, 9.17) is 31.8 Å². The average Bonchev–Trinajstić information content (AvgIpc) is 3.80. The number of carbonyl (C=O) groups excluding carboxylic acids is 4. The summed E-state index contributed by atoms with van der Waals surface area (Å²) >= 11 is 6.01. The maximum absolute atomic E-state index is 15.8. The number of carbonyl (C=O) groups is 4. The molecule has 4 aliphatic heterocycles. The van der Waals surface area contributed by atoms with E-state index in [0.29, 0.717) is 73.7 Å². The maximum atomic E-state index is 15.8. The second-order valence-electron chi connectivity index (χ2n) is 16.4. The van der Waals surface area contributed by atoms with Crippen LogP contribution in [0.1, 0.15) is 52.0 Å². The Balaban J connectivity index is 0.688. The number of nitrogens with zero attached hydrogens (tertiary/aromatic N) is 7. The number of pyridine rings is 1. The molecule has 0 bridgehead atoms. The van der Waals surface area contributed by atoms with Gasteiger partial charge in [0, 0.05) is 98.2 Å². The van der Waals surface area contributed by atoms with Crippen molar-refractivity contribution in [2.75, 3.05) is 87.0 Å². The van der Waals surface area contributed by atoms with Gasteiger partial charge in [-0.2, -0.15) is 0 Å². The second kappa shape index (κ2) is 17.9. The van der Waals surface area contributed by atoms with Crippen LogP contribution in [0.2, 0.25) is 5.02 Å². The number of rotatable bonds is 15. The zero-order chi connectivity index (χ0) is 43.7. The third-order valence-corrected chi connectivity index (χ3v) is 12.5. The van der Waals surface area contributed by atoms with Gasteiger partial charge in [0.1, 0.15) is 34.7 Å². The summed E-state index contributed by atoms with van der Waals surface area (Å²) in [6.45, 7) is 7.41. The number of aromatic nitrogens is 4. The number of fused-ring (bicyclic) bond motifs is 2. The Kier molecular flexibility index (Phi) is 11.9. The van der Waals surface area contributed by atoms with Crippen LogP contribution in [0.15, 0.2) is 67.1 Å². The van der Waals surface area contributed by atoms with E-state index in [1.165, 1.54) is 30.5 Å². The Bertz CT molecular complexity index is 2580. The van der Waals surface area contributed by atoms with Crippen molar-refractivity contribution in [2.45, 2.75) is 38.3 Å². The third kappa shape index (κ3) is 8.88. The number of imide groups is 1. The Morgan fingerprint density at radius 3 is 2.54 bits per heavy atom. The quantitative estimate of drug-likeness (QED) is 0.0861. The summed E-state index contributed by atoms with van der Waals surface area (Å²) in [6.07, 6.45) is 7.40. The van der Waals surface area contributed by atoms with Crippen LogP contribution >= 0.6 is 11.6 Å². The number of amides is 4. The lowest BCUT2D eigenvalue weighted by Crippen LogP contribution is -2.61. The average molecular weight is 880 g/mol. The molecule has 3 aromatic heterocycles. The first-order valence-corrected chi connectivity index (χ1v) is 21.4. The topological polar surface area (TPSA) is 202 Å². The van der Waals surface area contributed by atoms with E-state index in [1.807, 2.05) is 16.5 Å². The number of likely N-dealkylation sites (tertiary alicyclic amines) is 1. The summed E-state index contributed by atoms with van der Waals surface area (Å²) in [5.41, 5.74) is 10.1. The normalized spacial score (nSPS) is 18.4. The van der Waals surface area contributed by atoms with Gasteiger partial charge < -0.3 is 35.6 Å². The highest BCUT2D eigenvalue weighted by atomic mass is 35.5. The molecule has 3 saturated heterocycles. The van der Waals surface area contributed by atoms with Gasteiger partial charge >= 0.3 is 0 Å². The van der Waals surface area contributed by atoms with Crippen molar-refractivity contribution >= 4 is 64.0 Å². The van der Waals surface area contributed by atoms with Gasteiger partial charge in [-0.05, 0) is 78.8 Å². The molecule has 63 heavy (non-hydrogen) atoms. The standard InChI is InChI=1S/C44H47ClFN11O6/c45-29-7-10-49-35(23-29)51-40(59)27-1-3-32(33(46)22-27)37-38-39(47)50-11-15-56(38)43(53-37)55-13-8-44(9-14-55)25-54(26-44)16-18-63-20-19-62-17-12-48-30-2-4-31-28(21-30)24-57(42(31)61)34-5-6-36(58)52-41(34)60/h1-4,7,10-11,15,21-23,34,48H,5-6,8-9,12-14,16-20,24-26H2,(H2,47,50)(H,49,51,59)(H,52,58,60). The fourth-order valence-corrected chi connectivity index (χ4v) is 9.15. The van der Waals surface area contributed by atoms with Gasteiger partial charge in [0.2, 0.25) is 17.8 Å². The fourth-order valence-electron chi connectivity index (χ4n) is 8.99. The van der Waals surface area contributed by atoms with Crippen LogP contribution in [0.4, 0.5) is 27.7 Å². The fraction of sp³-hybridized carbons (Fsp3) is 0.386. The van der Waals surface area contributed by atoms with E-state index in [2.05, 4.69) is 35.7 Å². The number of nitrogen functional groups attached to an aromatic ring is 1. The van der Waals surface area contributed by atoms with Gasteiger partial charge in [-0.1, -0.05) is 11.6 Å². The maximum Gasteiger partial charge on any atom is 0.256 e. The van der Waals surface area contributed by atoms with Crippen molar-refractivity contribution in [1.82, 2.24) is 34.5 Å². The van der Waals surface area contributed by atoms with E-state index in [1.54, 1.807) is 29.4 Å². The van der Waals surface area contributed by atoms with E-state index < -0.39 is 23.7 Å². The van der Waals surface area contributed by atoms with Gasteiger partial charge in [-0.25, -0.2) is 19.3 Å². The van der Waals surface area contributed by atoms with Crippen LogP contribution < -0.4 is 26.6 Å². The lowest BCUT2D eigenvalue weighted by Gasteiger charge is -2.54.